The lowest BCUT2D eigenvalue weighted by Crippen LogP contribution is -2.07. The zero-order valence-electron chi connectivity index (χ0n) is 11.5. The van der Waals surface area contributed by atoms with Crippen LogP contribution in [0.5, 0.6) is 0 Å². The molecule has 1 heterocycles. The lowest BCUT2D eigenvalue weighted by molar-refractivity contribution is 0.628. The van der Waals surface area contributed by atoms with Crippen LogP contribution in [-0.4, -0.2) is 11.5 Å². The highest BCUT2D eigenvalue weighted by atomic mass is 19.1. The van der Waals surface area contributed by atoms with Crippen molar-refractivity contribution >= 4 is 22.3 Å². The SMILES string of the molecule is Nc1ccc(F)cc1NCCc1cccc2cccnc12. The molecule has 4 heteroatoms. The second-order valence-corrected chi connectivity index (χ2v) is 4.90. The monoisotopic (exact) mass is 281 g/mol. The van der Waals surface area contributed by atoms with Gasteiger partial charge in [-0.05, 0) is 36.2 Å². The fraction of sp³-hybridized carbons (Fsp3) is 0.118. The quantitative estimate of drug-likeness (QED) is 0.718. The molecule has 0 saturated heterocycles. The third-order valence-electron chi connectivity index (χ3n) is 3.44. The summed E-state index contributed by atoms with van der Waals surface area (Å²) >= 11 is 0. The molecule has 0 spiro atoms. The summed E-state index contributed by atoms with van der Waals surface area (Å²) in [7, 11) is 0. The van der Waals surface area contributed by atoms with Gasteiger partial charge in [0.25, 0.3) is 0 Å². The molecule has 106 valence electrons. The molecule has 0 bridgehead atoms. The Kier molecular flexibility index (Phi) is 3.69. The second kappa shape index (κ2) is 5.79. The number of fused-ring (bicyclic) bond motifs is 1. The van der Waals surface area contributed by atoms with Crippen LogP contribution in [0.3, 0.4) is 0 Å². The molecule has 3 nitrogen and oxygen atoms in total. The maximum atomic E-state index is 13.2. The molecule has 0 radical (unpaired) electrons. The molecule has 21 heavy (non-hydrogen) atoms. The molecule has 3 aromatic rings. The van der Waals surface area contributed by atoms with Crippen molar-refractivity contribution in [3.05, 3.63) is 66.1 Å². The lowest BCUT2D eigenvalue weighted by atomic mass is 10.1. The number of para-hydroxylation sites is 1. The molecular formula is C17H16FN3. The van der Waals surface area contributed by atoms with Crippen molar-refractivity contribution in [3.63, 3.8) is 0 Å². The number of anilines is 2. The summed E-state index contributed by atoms with van der Waals surface area (Å²) in [4.78, 5) is 4.43. The maximum Gasteiger partial charge on any atom is 0.125 e. The Morgan fingerprint density at radius 3 is 2.86 bits per heavy atom. The van der Waals surface area contributed by atoms with Gasteiger partial charge in [-0.3, -0.25) is 4.98 Å². The number of hydrogen-bond donors (Lipinski definition) is 2. The van der Waals surface area contributed by atoms with Crippen molar-refractivity contribution in [2.75, 3.05) is 17.6 Å². The van der Waals surface area contributed by atoms with Gasteiger partial charge < -0.3 is 11.1 Å². The number of halogens is 1. The van der Waals surface area contributed by atoms with E-state index in [1.165, 1.54) is 12.1 Å². The molecule has 0 atom stereocenters. The van der Waals surface area contributed by atoms with Gasteiger partial charge in [-0.2, -0.15) is 0 Å². The van der Waals surface area contributed by atoms with Crippen molar-refractivity contribution in [1.82, 2.24) is 4.98 Å². The summed E-state index contributed by atoms with van der Waals surface area (Å²) in [5, 5.41) is 4.30. The Morgan fingerprint density at radius 2 is 1.95 bits per heavy atom. The Balaban J connectivity index is 1.74. The smallest absolute Gasteiger partial charge is 0.125 e. The van der Waals surface area contributed by atoms with E-state index < -0.39 is 0 Å². The number of benzene rings is 2. The number of pyridine rings is 1. The van der Waals surface area contributed by atoms with Crippen LogP contribution < -0.4 is 11.1 Å². The van der Waals surface area contributed by atoms with Gasteiger partial charge in [-0.25, -0.2) is 4.39 Å². The van der Waals surface area contributed by atoms with E-state index in [9.17, 15) is 4.39 Å². The Hall–Kier alpha value is -2.62. The zero-order valence-corrected chi connectivity index (χ0v) is 11.5. The average Bonchev–Trinajstić information content (AvgIpc) is 2.51. The van der Waals surface area contributed by atoms with Crippen LogP contribution in [0.2, 0.25) is 0 Å². The number of nitrogens with two attached hydrogens (primary N) is 1. The van der Waals surface area contributed by atoms with Crippen LogP contribution >= 0.6 is 0 Å². The lowest BCUT2D eigenvalue weighted by Gasteiger charge is -2.10. The molecule has 0 aliphatic rings. The first kappa shape index (κ1) is 13.4. The van der Waals surface area contributed by atoms with Gasteiger partial charge >= 0.3 is 0 Å². The summed E-state index contributed by atoms with van der Waals surface area (Å²) < 4.78 is 13.2. The summed E-state index contributed by atoms with van der Waals surface area (Å²) in [5.41, 5.74) is 9.17. The van der Waals surface area contributed by atoms with Gasteiger partial charge in [0.1, 0.15) is 5.82 Å². The molecular weight excluding hydrogens is 265 g/mol. The van der Waals surface area contributed by atoms with E-state index in [1.807, 2.05) is 24.3 Å². The summed E-state index contributed by atoms with van der Waals surface area (Å²) in [6, 6.07) is 14.4. The molecule has 0 aliphatic heterocycles. The third-order valence-corrected chi connectivity index (χ3v) is 3.44. The second-order valence-electron chi connectivity index (χ2n) is 4.90. The predicted octanol–water partition coefficient (Wildman–Crippen LogP) is 3.61. The standard InChI is InChI=1S/C17H16FN3/c18-14-6-7-15(19)16(11-14)20-10-8-13-4-1-3-12-5-2-9-21-17(12)13/h1-7,9,11,20H,8,10,19H2. The minimum atomic E-state index is -0.293. The van der Waals surface area contributed by atoms with Crippen molar-refractivity contribution in [3.8, 4) is 0 Å². The van der Waals surface area contributed by atoms with Crippen molar-refractivity contribution in [1.29, 1.82) is 0 Å². The largest absolute Gasteiger partial charge is 0.397 e. The minimum Gasteiger partial charge on any atom is -0.397 e. The van der Waals surface area contributed by atoms with Crippen molar-refractivity contribution < 1.29 is 4.39 Å². The highest BCUT2D eigenvalue weighted by molar-refractivity contribution is 5.81. The highest BCUT2D eigenvalue weighted by Crippen LogP contribution is 2.20. The van der Waals surface area contributed by atoms with Gasteiger partial charge in [0.15, 0.2) is 0 Å². The topological polar surface area (TPSA) is 50.9 Å². The molecule has 1 aromatic heterocycles. The number of nitrogens with one attached hydrogen (secondary N) is 1. The van der Waals surface area contributed by atoms with E-state index in [1.54, 1.807) is 12.3 Å². The maximum absolute atomic E-state index is 13.2. The number of nitrogens with zero attached hydrogens (tertiary/aromatic N) is 1. The van der Waals surface area contributed by atoms with Crippen LogP contribution in [0.25, 0.3) is 10.9 Å². The molecule has 0 aliphatic carbocycles. The van der Waals surface area contributed by atoms with Gasteiger partial charge in [0, 0.05) is 18.1 Å². The minimum absolute atomic E-state index is 0.293. The van der Waals surface area contributed by atoms with Crippen molar-refractivity contribution in [2.45, 2.75) is 6.42 Å². The average molecular weight is 281 g/mol. The molecule has 3 rings (SSSR count). The molecule has 0 unspecified atom stereocenters. The summed E-state index contributed by atoms with van der Waals surface area (Å²) in [5.74, 6) is -0.293. The zero-order chi connectivity index (χ0) is 14.7. The van der Waals surface area contributed by atoms with E-state index in [4.69, 9.17) is 5.73 Å². The first-order valence-electron chi connectivity index (χ1n) is 6.85. The van der Waals surface area contributed by atoms with Gasteiger partial charge in [0.2, 0.25) is 0 Å². The summed E-state index contributed by atoms with van der Waals surface area (Å²) in [6.45, 7) is 0.670. The Labute approximate surface area is 122 Å². The molecule has 0 fully saturated rings. The van der Waals surface area contributed by atoms with Crippen LogP contribution in [0.4, 0.5) is 15.8 Å². The van der Waals surface area contributed by atoms with Gasteiger partial charge in [-0.1, -0.05) is 24.3 Å². The van der Waals surface area contributed by atoms with Gasteiger partial charge in [0.05, 0.1) is 16.9 Å². The molecule has 0 saturated carbocycles. The van der Waals surface area contributed by atoms with Crippen LogP contribution in [0, 0.1) is 5.82 Å². The third kappa shape index (κ3) is 2.94. The Morgan fingerprint density at radius 1 is 1.10 bits per heavy atom. The Bertz CT molecular complexity index is 766. The molecule has 0 amide bonds. The number of nitrogen functional groups attached to an aromatic ring is 1. The van der Waals surface area contributed by atoms with E-state index >= 15 is 0 Å². The van der Waals surface area contributed by atoms with E-state index in [0.29, 0.717) is 17.9 Å². The van der Waals surface area contributed by atoms with Gasteiger partial charge in [-0.15, -0.1) is 0 Å². The van der Waals surface area contributed by atoms with E-state index in [0.717, 1.165) is 22.9 Å². The molecule has 2 aromatic carbocycles. The van der Waals surface area contributed by atoms with E-state index in [-0.39, 0.29) is 5.82 Å². The number of rotatable bonds is 4. The van der Waals surface area contributed by atoms with Crippen LogP contribution in [0.15, 0.2) is 54.7 Å². The number of aromatic nitrogens is 1. The molecule has 3 N–H and O–H groups in total. The van der Waals surface area contributed by atoms with Crippen molar-refractivity contribution in [2.24, 2.45) is 0 Å². The van der Waals surface area contributed by atoms with E-state index in [2.05, 4.69) is 16.4 Å². The predicted molar refractivity (Wildman–Crippen MR) is 84.7 cm³/mol. The van der Waals surface area contributed by atoms with Crippen LogP contribution in [-0.2, 0) is 6.42 Å². The fourth-order valence-corrected chi connectivity index (χ4v) is 2.38. The first-order chi connectivity index (χ1) is 10.2. The highest BCUT2D eigenvalue weighted by Gasteiger charge is 2.03. The summed E-state index contributed by atoms with van der Waals surface area (Å²) in [6.07, 6.45) is 2.59. The number of hydrogen-bond acceptors (Lipinski definition) is 3. The first-order valence-corrected chi connectivity index (χ1v) is 6.85. The fourth-order valence-electron chi connectivity index (χ4n) is 2.38. The normalized spacial score (nSPS) is 10.7. The van der Waals surface area contributed by atoms with Crippen LogP contribution in [0.1, 0.15) is 5.56 Å².